The minimum Gasteiger partial charge on any atom is -0.508 e. The van der Waals surface area contributed by atoms with E-state index in [0.29, 0.717) is 0 Å². The Labute approximate surface area is 153 Å². The highest BCUT2D eigenvalue weighted by Crippen LogP contribution is 2.38. The zero-order valence-corrected chi connectivity index (χ0v) is 13.9. The molecule has 0 radical (unpaired) electrons. The van der Waals surface area contributed by atoms with E-state index in [4.69, 9.17) is 8.83 Å². The van der Waals surface area contributed by atoms with Crippen molar-refractivity contribution in [1.29, 1.82) is 0 Å². The predicted molar refractivity (Wildman–Crippen MR) is 90.7 cm³/mol. The van der Waals surface area contributed by atoms with Gasteiger partial charge in [0.25, 0.3) is 0 Å². The van der Waals surface area contributed by atoms with Crippen LogP contribution in [0, 0.1) is 0 Å². The summed E-state index contributed by atoms with van der Waals surface area (Å²) in [6.45, 7) is 0. The van der Waals surface area contributed by atoms with Gasteiger partial charge in [-0.1, -0.05) is 18.2 Å². The zero-order valence-electron chi connectivity index (χ0n) is 13.9. The van der Waals surface area contributed by atoms with Crippen molar-refractivity contribution in [1.82, 2.24) is 10.2 Å². The van der Waals surface area contributed by atoms with Crippen LogP contribution in [0.3, 0.4) is 0 Å². The maximum atomic E-state index is 13.5. The van der Waals surface area contributed by atoms with Gasteiger partial charge in [-0.05, 0) is 24.1 Å². The largest absolute Gasteiger partial charge is 0.508 e. The van der Waals surface area contributed by atoms with Gasteiger partial charge in [0, 0.05) is 6.07 Å². The number of rotatable bonds is 2. The molecule has 7 nitrogen and oxygen atoms in total. The maximum Gasteiger partial charge on any atom is 0.450 e. The number of H-pyrrole nitrogens is 1. The first-order valence-corrected chi connectivity index (χ1v) is 8.05. The molecule has 0 bridgehead atoms. The molecule has 2 aromatic heterocycles. The molecule has 0 saturated carbocycles. The summed E-state index contributed by atoms with van der Waals surface area (Å²) in [5.41, 5.74) is -1.82. The minimum atomic E-state index is -4.92. The number of aromatic nitrogens is 2. The Balaban J connectivity index is 1.84. The van der Waals surface area contributed by atoms with E-state index in [2.05, 4.69) is 10.2 Å². The van der Waals surface area contributed by atoms with Gasteiger partial charge in [0.1, 0.15) is 11.3 Å². The van der Waals surface area contributed by atoms with E-state index in [1.807, 2.05) is 0 Å². The van der Waals surface area contributed by atoms with E-state index in [1.165, 1.54) is 30.4 Å². The fourth-order valence-corrected chi connectivity index (χ4v) is 3.03. The Hall–Kier alpha value is -3.56. The van der Waals surface area contributed by atoms with Crippen molar-refractivity contribution in [3.05, 3.63) is 74.4 Å². The summed E-state index contributed by atoms with van der Waals surface area (Å²) < 4.78 is 50.4. The van der Waals surface area contributed by atoms with Gasteiger partial charge in [0.15, 0.2) is 0 Å². The number of benzene rings is 1. The lowest BCUT2D eigenvalue weighted by molar-refractivity contribution is -0.153. The third kappa shape index (κ3) is 3.02. The van der Waals surface area contributed by atoms with Crippen molar-refractivity contribution in [2.45, 2.75) is 18.5 Å². The molecular formula is C18H11F3N2O5. The van der Waals surface area contributed by atoms with E-state index in [-0.39, 0.29) is 34.6 Å². The summed E-state index contributed by atoms with van der Waals surface area (Å²) in [6, 6.07) is 3.35. The summed E-state index contributed by atoms with van der Waals surface area (Å²) in [4.78, 5) is 23.8. The average Bonchev–Trinajstić information content (AvgIpc) is 3.07. The second-order valence-corrected chi connectivity index (χ2v) is 6.13. The molecule has 3 aromatic rings. The molecule has 0 amide bonds. The van der Waals surface area contributed by atoms with E-state index < -0.39 is 34.6 Å². The Bertz CT molecular complexity index is 1250. The highest BCUT2D eigenvalue weighted by atomic mass is 19.4. The van der Waals surface area contributed by atoms with Crippen LogP contribution in [-0.4, -0.2) is 15.3 Å². The monoisotopic (exact) mass is 392 g/mol. The molecule has 0 spiro atoms. The summed E-state index contributed by atoms with van der Waals surface area (Å²) in [6.07, 6.45) is -0.503. The van der Waals surface area contributed by atoms with Crippen molar-refractivity contribution < 1.29 is 27.1 Å². The van der Waals surface area contributed by atoms with Crippen molar-refractivity contribution in [2.24, 2.45) is 0 Å². The normalized spacial score (nSPS) is 17.1. The SMILES string of the molecule is O=c1[nH]nc(C2C=CC(c3c(C(F)(F)F)oc4cc(O)ccc4c3=O)=CC2)o1. The Kier molecular flexibility index (Phi) is 3.98. The highest BCUT2D eigenvalue weighted by molar-refractivity contribution is 5.85. The molecule has 2 heterocycles. The van der Waals surface area contributed by atoms with Crippen LogP contribution in [0.25, 0.3) is 16.5 Å². The summed E-state index contributed by atoms with van der Waals surface area (Å²) in [5, 5.41) is 15.2. The molecule has 1 aromatic carbocycles. The lowest BCUT2D eigenvalue weighted by Crippen LogP contribution is -2.19. The molecule has 2 N–H and O–H groups in total. The number of phenols is 1. The topological polar surface area (TPSA) is 109 Å². The number of alkyl halides is 3. The number of nitrogens with one attached hydrogen (secondary N) is 1. The van der Waals surface area contributed by atoms with Gasteiger partial charge in [-0.2, -0.15) is 13.2 Å². The summed E-state index contributed by atoms with van der Waals surface area (Å²) >= 11 is 0. The number of phenolic OH excluding ortho intramolecular Hbond substituents is 1. The molecule has 1 atom stereocenters. The van der Waals surface area contributed by atoms with Crippen molar-refractivity contribution in [3.63, 3.8) is 0 Å². The molecule has 1 unspecified atom stereocenters. The van der Waals surface area contributed by atoms with Gasteiger partial charge < -0.3 is 13.9 Å². The van der Waals surface area contributed by atoms with Gasteiger partial charge in [-0.25, -0.2) is 9.89 Å². The molecule has 144 valence electrons. The van der Waals surface area contributed by atoms with Crippen LogP contribution in [0.5, 0.6) is 5.75 Å². The number of allylic oxidation sites excluding steroid dienone is 4. The smallest absolute Gasteiger partial charge is 0.450 e. The fourth-order valence-electron chi connectivity index (χ4n) is 3.03. The van der Waals surface area contributed by atoms with E-state index >= 15 is 0 Å². The second kappa shape index (κ2) is 6.25. The number of aromatic amines is 1. The van der Waals surface area contributed by atoms with Gasteiger partial charge in [-0.3, -0.25) is 4.79 Å². The first-order chi connectivity index (χ1) is 13.2. The van der Waals surface area contributed by atoms with E-state index in [9.17, 15) is 27.9 Å². The molecule has 0 saturated heterocycles. The van der Waals surface area contributed by atoms with Crippen LogP contribution < -0.4 is 11.2 Å². The molecule has 1 aliphatic rings. The zero-order chi connectivity index (χ0) is 20.1. The summed E-state index contributed by atoms with van der Waals surface area (Å²) in [7, 11) is 0. The van der Waals surface area contributed by atoms with Crippen LogP contribution in [0.2, 0.25) is 0 Å². The van der Waals surface area contributed by atoms with Crippen LogP contribution in [0.4, 0.5) is 13.2 Å². The Morgan fingerprint density at radius 1 is 1.21 bits per heavy atom. The number of aromatic hydroxyl groups is 1. The second-order valence-electron chi connectivity index (χ2n) is 6.13. The predicted octanol–water partition coefficient (Wildman–Crippen LogP) is 3.32. The third-order valence-electron chi connectivity index (χ3n) is 4.29. The molecule has 0 aliphatic heterocycles. The molecule has 1 aliphatic carbocycles. The lowest BCUT2D eigenvalue weighted by Gasteiger charge is -2.16. The number of hydrogen-bond acceptors (Lipinski definition) is 6. The fraction of sp³-hybridized carbons (Fsp3) is 0.167. The van der Waals surface area contributed by atoms with Crippen LogP contribution in [0.15, 0.2) is 54.9 Å². The standard InChI is InChI=1S/C18H11F3N2O5/c19-18(20,21)15-13(14(25)11-6-5-10(24)7-12(11)27-15)8-1-3-9(4-2-8)16-22-23-17(26)28-16/h1-3,5-7,9,24H,4H2,(H,23,26). The van der Waals surface area contributed by atoms with Gasteiger partial charge >= 0.3 is 11.9 Å². The maximum absolute atomic E-state index is 13.5. The quantitative estimate of drug-likeness (QED) is 0.693. The molecule has 28 heavy (non-hydrogen) atoms. The van der Waals surface area contributed by atoms with Gasteiger partial charge in [0.2, 0.25) is 17.1 Å². The molecule has 4 rings (SSSR count). The lowest BCUT2D eigenvalue weighted by atomic mass is 9.91. The van der Waals surface area contributed by atoms with Crippen molar-refractivity contribution in [2.75, 3.05) is 0 Å². The Morgan fingerprint density at radius 2 is 2.00 bits per heavy atom. The number of nitrogens with zero attached hydrogens (tertiary/aromatic N) is 1. The van der Waals surface area contributed by atoms with Crippen LogP contribution in [0.1, 0.15) is 29.6 Å². The molecule has 10 heteroatoms. The first-order valence-electron chi connectivity index (χ1n) is 8.05. The average molecular weight is 392 g/mol. The minimum absolute atomic E-state index is 0.0326. The third-order valence-corrected chi connectivity index (χ3v) is 4.29. The Morgan fingerprint density at radius 3 is 2.61 bits per heavy atom. The number of halogens is 3. The highest BCUT2D eigenvalue weighted by Gasteiger charge is 2.40. The number of fused-ring (bicyclic) bond motifs is 1. The first kappa shape index (κ1) is 17.8. The number of hydrogen-bond donors (Lipinski definition) is 2. The van der Waals surface area contributed by atoms with E-state index in [0.717, 1.165) is 6.07 Å². The van der Waals surface area contributed by atoms with Crippen molar-refractivity contribution in [3.8, 4) is 5.75 Å². The van der Waals surface area contributed by atoms with Crippen LogP contribution >= 0.6 is 0 Å². The van der Waals surface area contributed by atoms with Crippen LogP contribution in [-0.2, 0) is 6.18 Å². The van der Waals surface area contributed by atoms with Gasteiger partial charge in [-0.15, -0.1) is 5.10 Å². The van der Waals surface area contributed by atoms with E-state index in [1.54, 1.807) is 0 Å². The van der Waals surface area contributed by atoms with Crippen molar-refractivity contribution >= 4 is 16.5 Å². The summed E-state index contributed by atoms with van der Waals surface area (Å²) in [5.74, 6) is -2.88. The molecule has 0 fully saturated rings. The van der Waals surface area contributed by atoms with Gasteiger partial charge in [0.05, 0.1) is 16.9 Å². The molecular weight excluding hydrogens is 381 g/mol.